The number of aliphatic hydroxyl groups excluding tert-OH is 1. The van der Waals surface area contributed by atoms with E-state index in [0.717, 1.165) is 11.1 Å². The number of aryl methyl sites for hydroxylation is 1. The Kier molecular flexibility index (Phi) is 5.16. The molecule has 0 saturated carbocycles. The van der Waals surface area contributed by atoms with Crippen LogP contribution < -0.4 is 0 Å². The number of benzene rings is 1. The molecule has 17 heavy (non-hydrogen) atoms. The fourth-order valence-corrected chi connectivity index (χ4v) is 1.85. The van der Waals surface area contributed by atoms with Gasteiger partial charge >= 0.3 is 0 Å². The van der Waals surface area contributed by atoms with Gasteiger partial charge < -0.3 is 10.0 Å². The molecule has 3 heteroatoms. The van der Waals surface area contributed by atoms with E-state index in [1.165, 1.54) is 0 Å². The van der Waals surface area contributed by atoms with Crippen LogP contribution in [0.2, 0.25) is 0 Å². The van der Waals surface area contributed by atoms with Crippen LogP contribution >= 0.6 is 0 Å². The van der Waals surface area contributed by atoms with Gasteiger partial charge in [-0.05, 0) is 31.9 Å². The number of carbonyl (C=O) groups is 1. The molecule has 0 bridgehead atoms. The highest BCUT2D eigenvalue weighted by Gasteiger charge is 2.16. The Balaban J connectivity index is 2.73. The number of nitrogens with zero attached hydrogens (tertiary/aromatic N) is 1. The number of hydrogen-bond donors (Lipinski definition) is 1. The largest absolute Gasteiger partial charge is 0.395 e. The van der Waals surface area contributed by atoms with E-state index in [2.05, 4.69) is 0 Å². The van der Waals surface area contributed by atoms with Crippen LogP contribution in [-0.4, -0.2) is 35.1 Å². The summed E-state index contributed by atoms with van der Waals surface area (Å²) in [5.74, 6) is 0.0725. The Morgan fingerprint density at radius 2 is 2.00 bits per heavy atom. The number of hydrogen-bond acceptors (Lipinski definition) is 2. The van der Waals surface area contributed by atoms with Crippen molar-refractivity contribution in [2.24, 2.45) is 0 Å². The molecule has 0 radical (unpaired) electrons. The highest BCUT2D eigenvalue weighted by molar-refractivity contribution is 5.79. The van der Waals surface area contributed by atoms with Crippen molar-refractivity contribution < 1.29 is 9.90 Å². The molecule has 0 aliphatic rings. The Bertz CT molecular complexity index is 374. The zero-order valence-electron chi connectivity index (χ0n) is 10.8. The van der Waals surface area contributed by atoms with Crippen LogP contribution in [0.5, 0.6) is 0 Å². The van der Waals surface area contributed by atoms with Crippen LogP contribution in [0.3, 0.4) is 0 Å². The quantitative estimate of drug-likeness (QED) is 0.845. The highest BCUT2D eigenvalue weighted by atomic mass is 16.3. The fraction of sp³-hybridized carbons (Fsp3) is 0.500. The molecule has 0 aliphatic heterocycles. The predicted octanol–water partition coefficient (Wildman–Crippen LogP) is 1.77. The van der Waals surface area contributed by atoms with E-state index >= 15 is 0 Å². The van der Waals surface area contributed by atoms with Gasteiger partial charge in [-0.25, -0.2) is 0 Å². The molecule has 0 aromatic heterocycles. The number of carbonyl (C=O) groups excluding carboxylic acids is 1. The molecule has 1 aromatic carbocycles. The summed E-state index contributed by atoms with van der Waals surface area (Å²) in [6, 6.07) is 8.02. The van der Waals surface area contributed by atoms with E-state index < -0.39 is 0 Å². The van der Waals surface area contributed by atoms with Crippen LogP contribution in [0.15, 0.2) is 24.3 Å². The van der Waals surface area contributed by atoms with Crippen molar-refractivity contribution in [2.75, 3.05) is 13.2 Å². The molecule has 0 saturated heterocycles. The van der Waals surface area contributed by atoms with E-state index in [9.17, 15) is 4.79 Å². The molecule has 0 heterocycles. The predicted molar refractivity (Wildman–Crippen MR) is 68.8 cm³/mol. The smallest absolute Gasteiger partial charge is 0.227 e. The summed E-state index contributed by atoms with van der Waals surface area (Å²) in [4.78, 5) is 13.8. The molecular formula is C14H21NO2. The maximum Gasteiger partial charge on any atom is 0.227 e. The van der Waals surface area contributed by atoms with E-state index in [4.69, 9.17) is 5.11 Å². The molecule has 0 atom stereocenters. The lowest BCUT2D eigenvalue weighted by molar-refractivity contribution is -0.132. The van der Waals surface area contributed by atoms with E-state index in [1.54, 1.807) is 4.90 Å². The van der Waals surface area contributed by atoms with Crippen LogP contribution in [0.4, 0.5) is 0 Å². The Morgan fingerprint density at radius 3 is 2.53 bits per heavy atom. The number of aliphatic hydroxyl groups is 1. The summed E-state index contributed by atoms with van der Waals surface area (Å²) in [6.45, 7) is 6.35. The van der Waals surface area contributed by atoms with Gasteiger partial charge in [0.05, 0.1) is 13.0 Å². The molecule has 0 fully saturated rings. The summed E-state index contributed by atoms with van der Waals surface area (Å²) in [5.41, 5.74) is 2.19. The van der Waals surface area contributed by atoms with Gasteiger partial charge in [0.2, 0.25) is 5.91 Å². The summed E-state index contributed by atoms with van der Waals surface area (Å²) < 4.78 is 0. The SMILES string of the molecule is Cc1ccccc1CC(=O)N(CCO)C(C)C. The second-order valence-corrected chi connectivity index (χ2v) is 4.51. The fourth-order valence-electron chi connectivity index (χ4n) is 1.85. The zero-order chi connectivity index (χ0) is 12.8. The summed E-state index contributed by atoms with van der Waals surface area (Å²) >= 11 is 0. The first-order valence-corrected chi connectivity index (χ1v) is 6.01. The normalized spacial score (nSPS) is 10.6. The minimum atomic E-state index is 0.0116. The molecular weight excluding hydrogens is 214 g/mol. The summed E-state index contributed by atoms with van der Waals surface area (Å²) in [6.07, 6.45) is 0.408. The van der Waals surface area contributed by atoms with Crippen molar-refractivity contribution in [3.8, 4) is 0 Å². The van der Waals surface area contributed by atoms with Gasteiger partial charge in [0, 0.05) is 12.6 Å². The van der Waals surface area contributed by atoms with Crippen molar-refractivity contribution in [2.45, 2.75) is 33.2 Å². The standard InChI is InChI=1S/C14H21NO2/c1-11(2)15(8-9-16)14(17)10-13-7-5-4-6-12(13)3/h4-7,11,16H,8-10H2,1-3H3. The van der Waals surface area contributed by atoms with Gasteiger partial charge in [-0.2, -0.15) is 0 Å². The van der Waals surface area contributed by atoms with E-state index in [-0.39, 0.29) is 18.6 Å². The topological polar surface area (TPSA) is 40.5 Å². The van der Waals surface area contributed by atoms with Gasteiger partial charge in [-0.3, -0.25) is 4.79 Å². The lowest BCUT2D eigenvalue weighted by Gasteiger charge is -2.26. The highest BCUT2D eigenvalue weighted by Crippen LogP contribution is 2.10. The molecule has 1 N–H and O–H groups in total. The first-order valence-electron chi connectivity index (χ1n) is 6.01. The second kappa shape index (κ2) is 6.40. The first-order chi connectivity index (χ1) is 8.06. The van der Waals surface area contributed by atoms with Crippen molar-refractivity contribution >= 4 is 5.91 Å². The number of amides is 1. The first kappa shape index (κ1) is 13.7. The summed E-state index contributed by atoms with van der Waals surface area (Å²) in [5, 5.41) is 8.96. The van der Waals surface area contributed by atoms with Gasteiger partial charge in [-0.15, -0.1) is 0 Å². The Morgan fingerprint density at radius 1 is 1.35 bits per heavy atom. The van der Waals surface area contributed by atoms with Crippen molar-refractivity contribution in [1.82, 2.24) is 4.90 Å². The monoisotopic (exact) mass is 235 g/mol. The Labute approximate surface area is 103 Å². The van der Waals surface area contributed by atoms with Gasteiger partial charge in [-0.1, -0.05) is 24.3 Å². The van der Waals surface area contributed by atoms with Crippen molar-refractivity contribution in [1.29, 1.82) is 0 Å². The third-order valence-corrected chi connectivity index (χ3v) is 2.89. The molecule has 3 nitrogen and oxygen atoms in total. The third kappa shape index (κ3) is 3.86. The third-order valence-electron chi connectivity index (χ3n) is 2.89. The number of rotatable bonds is 5. The van der Waals surface area contributed by atoms with Crippen LogP contribution in [0, 0.1) is 6.92 Å². The second-order valence-electron chi connectivity index (χ2n) is 4.51. The average Bonchev–Trinajstić information content (AvgIpc) is 2.28. The summed E-state index contributed by atoms with van der Waals surface area (Å²) in [7, 11) is 0. The van der Waals surface area contributed by atoms with Crippen LogP contribution in [-0.2, 0) is 11.2 Å². The lowest BCUT2D eigenvalue weighted by atomic mass is 10.0. The average molecular weight is 235 g/mol. The lowest BCUT2D eigenvalue weighted by Crippen LogP contribution is -2.40. The molecule has 0 unspecified atom stereocenters. The van der Waals surface area contributed by atoms with E-state index in [1.807, 2.05) is 45.0 Å². The molecule has 1 amide bonds. The molecule has 1 aromatic rings. The van der Waals surface area contributed by atoms with Crippen molar-refractivity contribution in [3.05, 3.63) is 35.4 Å². The van der Waals surface area contributed by atoms with E-state index in [0.29, 0.717) is 13.0 Å². The van der Waals surface area contributed by atoms with Gasteiger partial charge in [0.25, 0.3) is 0 Å². The zero-order valence-corrected chi connectivity index (χ0v) is 10.8. The molecule has 1 rings (SSSR count). The minimum Gasteiger partial charge on any atom is -0.395 e. The molecule has 0 spiro atoms. The Hall–Kier alpha value is -1.35. The van der Waals surface area contributed by atoms with Crippen molar-refractivity contribution in [3.63, 3.8) is 0 Å². The molecule has 94 valence electrons. The maximum absolute atomic E-state index is 12.1. The van der Waals surface area contributed by atoms with Gasteiger partial charge in [0.15, 0.2) is 0 Å². The van der Waals surface area contributed by atoms with Gasteiger partial charge in [0.1, 0.15) is 0 Å². The molecule has 0 aliphatic carbocycles. The maximum atomic E-state index is 12.1. The van der Waals surface area contributed by atoms with Crippen LogP contribution in [0.1, 0.15) is 25.0 Å². The minimum absolute atomic E-state index is 0.0116. The van der Waals surface area contributed by atoms with Crippen LogP contribution in [0.25, 0.3) is 0 Å².